The Hall–Kier alpha value is -4.49. The molecule has 1 fully saturated rings. The summed E-state index contributed by atoms with van der Waals surface area (Å²) in [4.78, 5) is 39.4. The van der Waals surface area contributed by atoms with Gasteiger partial charge in [-0.1, -0.05) is 97.1 Å². The molecule has 0 unspecified atom stereocenters. The van der Waals surface area contributed by atoms with Gasteiger partial charge in [0.25, 0.3) is 5.91 Å². The van der Waals surface area contributed by atoms with E-state index >= 15 is 0 Å². The van der Waals surface area contributed by atoms with Gasteiger partial charge in [-0.05, 0) is 46.9 Å². The highest BCUT2D eigenvalue weighted by molar-refractivity contribution is 5.98. The Labute approximate surface area is 227 Å². The zero-order valence-electron chi connectivity index (χ0n) is 21.7. The van der Waals surface area contributed by atoms with E-state index in [0.717, 1.165) is 21.9 Å². The molecule has 3 atom stereocenters. The van der Waals surface area contributed by atoms with E-state index in [1.807, 2.05) is 103 Å². The fraction of sp³-hybridized carbons (Fsp3) is 0.219. The second kappa shape index (κ2) is 11.5. The number of hydrogen-bond donors (Lipinski definition) is 3. The van der Waals surface area contributed by atoms with Gasteiger partial charge in [0.1, 0.15) is 5.54 Å². The molecule has 3 amide bonds. The molecule has 1 heterocycles. The van der Waals surface area contributed by atoms with Crippen molar-refractivity contribution in [1.82, 2.24) is 16.0 Å². The number of aryl methyl sites for hydroxylation is 1. The Bertz CT molecular complexity index is 1470. The molecule has 0 radical (unpaired) electrons. The number of nitrogens with one attached hydrogen (secondary N) is 3. The third-order valence-electron chi connectivity index (χ3n) is 7.08. The lowest BCUT2D eigenvalue weighted by Crippen LogP contribution is -2.72. The van der Waals surface area contributed by atoms with Gasteiger partial charge in [0, 0.05) is 6.42 Å². The number of carbonyl (C=O) groups is 3. The van der Waals surface area contributed by atoms with Crippen molar-refractivity contribution >= 4 is 28.5 Å². The van der Waals surface area contributed by atoms with Gasteiger partial charge in [-0.25, -0.2) is 0 Å². The first kappa shape index (κ1) is 26.1. The first-order valence-electron chi connectivity index (χ1n) is 13.0. The number of ether oxygens (including phenoxy) is 1. The summed E-state index contributed by atoms with van der Waals surface area (Å²) in [6, 6.07) is 31.9. The molecule has 3 N–H and O–H groups in total. The second-order valence-corrected chi connectivity index (χ2v) is 9.90. The molecule has 5 rings (SSSR count). The minimum Gasteiger partial charge on any atom is -0.351 e. The van der Waals surface area contributed by atoms with Gasteiger partial charge in [-0.2, -0.15) is 0 Å². The molecule has 4 aromatic carbocycles. The molecule has 1 saturated heterocycles. The average Bonchev–Trinajstić information content (AvgIpc) is 2.97. The predicted octanol–water partition coefficient (Wildman–Crippen LogP) is 3.96. The van der Waals surface area contributed by atoms with Crippen LogP contribution in [-0.4, -0.2) is 30.0 Å². The van der Waals surface area contributed by atoms with Crippen molar-refractivity contribution in [2.75, 3.05) is 0 Å². The van der Waals surface area contributed by atoms with Crippen LogP contribution in [0.4, 0.5) is 0 Å². The Kier molecular flexibility index (Phi) is 7.70. The Morgan fingerprint density at radius 3 is 2.18 bits per heavy atom. The molecule has 4 aromatic rings. The van der Waals surface area contributed by atoms with E-state index in [4.69, 9.17) is 4.74 Å². The van der Waals surface area contributed by atoms with E-state index in [0.29, 0.717) is 12.0 Å². The number of carbonyl (C=O) groups excluding carboxylic acids is 3. The van der Waals surface area contributed by atoms with Gasteiger partial charge in [0.15, 0.2) is 12.3 Å². The Balaban J connectivity index is 1.34. The smallest absolute Gasteiger partial charge is 0.250 e. The zero-order valence-corrected chi connectivity index (χ0v) is 21.7. The average molecular weight is 522 g/mol. The molecular formula is C32H31N3O4. The third kappa shape index (κ3) is 5.99. The van der Waals surface area contributed by atoms with Crippen LogP contribution >= 0.6 is 0 Å². The summed E-state index contributed by atoms with van der Waals surface area (Å²) in [6.07, 6.45) is 0.0895. The fourth-order valence-electron chi connectivity index (χ4n) is 4.68. The Morgan fingerprint density at radius 1 is 0.846 bits per heavy atom. The van der Waals surface area contributed by atoms with Crippen LogP contribution in [0.3, 0.4) is 0 Å². The standard InChI is InChI=1S/C32H31N3O4/c1-32(26-18-17-24-14-8-9-15-25(24)20-26,35-27(36)19-16-22-10-4-2-5-11-22)31(38)33-28-29(37)34-30(28)39-21-23-12-6-3-7-13-23/h2-15,17-18,20,28,30H,16,19,21H2,1H3,(H,33,38)(H,34,37)(H,35,36)/t28-,30+,32+/m0/s1. The number of β-lactam (4-membered cyclic amide) rings is 1. The molecule has 7 heteroatoms. The highest BCUT2D eigenvalue weighted by atomic mass is 16.5. The minimum absolute atomic E-state index is 0.215. The SMILES string of the molecule is C[C@](NC(=O)CCc1ccccc1)(C(=O)N[C@H]1C(=O)N[C@@H]1OCc1ccccc1)c1ccc2ccccc2c1. The van der Waals surface area contributed by atoms with Gasteiger partial charge in [-0.3, -0.25) is 14.4 Å². The van der Waals surface area contributed by atoms with Crippen molar-refractivity contribution in [3.63, 3.8) is 0 Å². The van der Waals surface area contributed by atoms with Crippen LogP contribution in [0.5, 0.6) is 0 Å². The first-order chi connectivity index (χ1) is 18.9. The molecule has 0 spiro atoms. The van der Waals surface area contributed by atoms with Crippen molar-refractivity contribution in [3.05, 3.63) is 120 Å². The van der Waals surface area contributed by atoms with Crippen molar-refractivity contribution in [3.8, 4) is 0 Å². The lowest BCUT2D eigenvalue weighted by molar-refractivity contribution is -0.153. The third-order valence-corrected chi connectivity index (χ3v) is 7.08. The number of amides is 3. The van der Waals surface area contributed by atoms with Gasteiger partial charge < -0.3 is 20.7 Å². The summed E-state index contributed by atoms with van der Waals surface area (Å²) >= 11 is 0. The first-order valence-corrected chi connectivity index (χ1v) is 13.0. The van der Waals surface area contributed by atoms with Crippen molar-refractivity contribution in [1.29, 1.82) is 0 Å². The predicted molar refractivity (Wildman–Crippen MR) is 149 cm³/mol. The van der Waals surface area contributed by atoms with E-state index in [9.17, 15) is 14.4 Å². The molecule has 39 heavy (non-hydrogen) atoms. The Morgan fingerprint density at radius 2 is 1.49 bits per heavy atom. The highest BCUT2D eigenvalue weighted by Gasteiger charge is 2.45. The summed E-state index contributed by atoms with van der Waals surface area (Å²) in [5.74, 6) is -1.09. The monoisotopic (exact) mass is 521 g/mol. The quantitative estimate of drug-likeness (QED) is 0.275. The summed E-state index contributed by atoms with van der Waals surface area (Å²) in [5.41, 5.74) is 1.19. The minimum atomic E-state index is -1.42. The van der Waals surface area contributed by atoms with E-state index in [-0.39, 0.29) is 24.8 Å². The molecule has 1 aliphatic heterocycles. The summed E-state index contributed by atoms with van der Waals surface area (Å²) in [6.45, 7) is 1.96. The molecule has 7 nitrogen and oxygen atoms in total. The van der Waals surface area contributed by atoms with Gasteiger partial charge in [-0.15, -0.1) is 0 Å². The van der Waals surface area contributed by atoms with Gasteiger partial charge >= 0.3 is 0 Å². The normalized spacial score (nSPS) is 17.9. The van der Waals surface area contributed by atoms with Crippen molar-refractivity contribution in [2.24, 2.45) is 0 Å². The van der Waals surface area contributed by atoms with E-state index in [2.05, 4.69) is 16.0 Å². The number of rotatable bonds is 10. The molecule has 198 valence electrons. The maximum atomic E-state index is 13.8. The van der Waals surface area contributed by atoms with Crippen LogP contribution < -0.4 is 16.0 Å². The number of fused-ring (bicyclic) bond motifs is 1. The van der Waals surface area contributed by atoms with Gasteiger partial charge in [0.2, 0.25) is 11.8 Å². The summed E-state index contributed by atoms with van der Waals surface area (Å²) in [7, 11) is 0. The van der Waals surface area contributed by atoms with Crippen LogP contribution in [0.2, 0.25) is 0 Å². The second-order valence-electron chi connectivity index (χ2n) is 9.90. The molecule has 0 bridgehead atoms. The molecule has 1 aliphatic rings. The number of benzene rings is 4. The maximum absolute atomic E-state index is 13.8. The number of hydrogen-bond acceptors (Lipinski definition) is 4. The van der Waals surface area contributed by atoms with Crippen LogP contribution in [-0.2, 0) is 37.7 Å². The lowest BCUT2D eigenvalue weighted by Gasteiger charge is -2.39. The van der Waals surface area contributed by atoms with Crippen molar-refractivity contribution < 1.29 is 19.1 Å². The van der Waals surface area contributed by atoms with Crippen molar-refractivity contribution in [2.45, 2.75) is 44.2 Å². The van der Waals surface area contributed by atoms with E-state index in [1.165, 1.54) is 0 Å². The van der Waals surface area contributed by atoms with Crippen LogP contribution in [0.1, 0.15) is 30.0 Å². The fourth-order valence-corrected chi connectivity index (χ4v) is 4.68. The maximum Gasteiger partial charge on any atom is 0.250 e. The van der Waals surface area contributed by atoms with Crippen LogP contribution in [0.15, 0.2) is 103 Å². The molecule has 0 aliphatic carbocycles. The molecule has 0 aromatic heterocycles. The van der Waals surface area contributed by atoms with Crippen LogP contribution in [0.25, 0.3) is 10.8 Å². The highest BCUT2D eigenvalue weighted by Crippen LogP contribution is 2.27. The largest absolute Gasteiger partial charge is 0.351 e. The van der Waals surface area contributed by atoms with Crippen LogP contribution in [0, 0.1) is 0 Å². The molecular weight excluding hydrogens is 490 g/mol. The van der Waals surface area contributed by atoms with E-state index < -0.39 is 23.7 Å². The molecule has 0 saturated carbocycles. The lowest BCUT2D eigenvalue weighted by atomic mass is 9.88. The summed E-state index contributed by atoms with van der Waals surface area (Å²) < 4.78 is 5.86. The summed E-state index contributed by atoms with van der Waals surface area (Å²) in [5, 5.41) is 10.5. The van der Waals surface area contributed by atoms with Gasteiger partial charge in [0.05, 0.1) is 6.61 Å². The zero-order chi connectivity index (χ0) is 27.2. The van der Waals surface area contributed by atoms with E-state index in [1.54, 1.807) is 6.92 Å². The topological polar surface area (TPSA) is 96.5 Å².